The van der Waals surface area contributed by atoms with Gasteiger partial charge in [-0.2, -0.15) is 11.8 Å². The molecule has 0 spiro atoms. The van der Waals surface area contributed by atoms with Crippen LogP contribution >= 0.6 is 11.8 Å². The van der Waals surface area contributed by atoms with Gasteiger partial charge in [0.1, 0.15) is 22.7 Å². The average molecular weight is 428 g/mol. The van der Waals surface area contributed by atoms with E-state index in [1.54, 1.807) is 11.8 Å². The second kappa shape index (κ2) is 8.59. The fourth-order valence-corrected chi connectivity index (χ4v) is 6.26. The quantitative estimate of drug-likeness (QED) is 0.689. The molecule has 0 amide bonds. The number of aromatic nitrogens is 2. The van der Waals surface area contributed by atoms with Crippen molar-refractivity contribution in [2.24, 2.45) is 5.92 Å². The van der Waals surface area contributed by atoms with E-state index in [0.29, 0.717) is 40.8 Å². The normalized spacial score (nSPS) is 23.0. The van der Waals surface area contributed by atoms with Crippen molar-refractivity contribution in [1.82, 2.24) is 9.97 Å². The summed E-state index contributed by atoms with van der Waals surface area (Å²) in [5.74, 6) is 0.645. The standard InChI is InChI=1S/C19H23F2N3O2S2/c20-17-14(22-9-11-2-1-3-11)8-13-16(18(17)21)19(25)24-15(23-13)10-27-12-4-6-28(26)7-5-12/h8,11-12,22H,1-7,9-10H2,(H,23,24,25). The number of nitrogens with one attached hydrogen (secondary N) is 2. The van der Waals surface area contributed by atoms with Crippen LogP contribution in [-0.4, -0.2) is 37.8 Å². The lowest BCUT2D eigenvalue weighted by Gasteiger charge is -2.26. The van der Waals surface area contributed by atoms with Crippen molar-refractivity contribution in [3.63, 3.8) is 0 Å². The highest BCUT2D eigenvalue weighted by Gasteiger charge is 2.23. The molecule has 2 heterocycles. The van der Waals surface area contributed by atoms with Crippen molar-refractivity contribution in [2.75, 3.05) is 23.4 Å². The van der Waals surface area contributed by atoms with E-state index in [9.17, 15) is 18.1 Å². The van der Waals surface area contributed by atoms with Gasteiger partial charge in [-0.3, -0.25) is 4.79 Å². The zero-order valence-electron chi connectivity index (χ0n) is 15.4. The molecule has 5 nitrogen and oxygen atoms in total. The third-order valence-electron chi connectivity index (χ3n) is 5.52. The number of halogens is 2. The fraction of sp³-hybridized carbons (Fsp3) is 0.579. The zero-order chi connectivity index (χ0) is 19.7. The summed E-state index contributed by atoms with van der Waals surface area (Å²) in [6, 6.07) is 1.43. The summed E-state index contributed by atoms with van der Waals surface area (Å²) in [4.78, 5) is 19.3. The zero-order valence-corrected chi connectivity index (χ0v) is 17.1. The molecular weight excluding hydrogens is 404 g/mol. The Morgan fingerprint density at radius 1 is 1.25 bits per heavy atom. The maximum atomic E-state index is 14.5. The van der Waals surface area contributed by atoms with Gasteiger partial charge in [0.05, 0.1) is 17.0 Å². The van der Waals surface area contributed by atoms with Gasteiger partial charge < -0.3 is 14.9 Å². The summed E-state index contributed by atoms with van der Waals surface area (Å²) in [5, 5.41) is 3.01. The van der Waals surface area contributed by atoms with Crippen LogP contribution in [-0.2, 0) is 16.9 Å². The first-order valence-corrected chi connectivity index (χ1v) is 12.2. The van der Waals surface area contributed by atoms with Crippen LogP contribution < -0.4 is 10.9 Å². The third kappa shape index (κ3) is 4.31. The van der Waals surface area contributed by atoms with Crippen LogP contribution in [0.25, 0.3) is 10.9 Å². The predicted molar refractivity (Wildman–Crippen MR) is 110 cm³/mol. The van der Waals surface area contributed by atoms with Crippen LogP contribution in [0.5, 0.6) is 0 Å². The molecule has 0 radical (unpaired) electrons. The Bertz CT molecular complexity index is 912. The van der Waals surface area contributed by atoms with E-state index in [-0.39, 0.29) is 16.6 Å². The summed E-state index contributed by atoms with van der Waals surface area (Å²) in [5.41, 5.74) is -0.435. The number of aromatic amines is 1. The Kier molecular flexibility index (Phi) is 6.13. The third-order valence-corrected chi connectivity index (χ3v) is 8.29. The molecule has 0 unspecified atom stereocenters. The second-order valence-electron chi connectivity index (χ2n) is 7.50. The van der Waals surface area contributed by atoms with Gasteiger partial charge in [-0.1, -0.05) is 17.6 Å². The molecular formula is C19H23F2N3O2S2. The number of hydrogen-bond acceptors (Lipinski definition) is 5. The van der Waals surface area contributed by atoms with Crippen LogP contribution in [0.2, 0.25) is 0 Å². The van der Waals surface area contributed by atoms with E-state index in [1.165, 1.54) is 12.5 Å². The molecule has 0 atom stereocenters. The minimum atomic E-state index is -1.16. The lowest BCUT2D eigenvalue weighted by atomic mass is 9.85. The number of rotatable bonds is 6. The van der Waals surface area contributed by atoms with E-state index in [4.69, 9.17) is 0 Å². The monoisotopic (exact) mass is 427 g/mol. The van der Waals surface area contributed by atoms with Gasteiger partial charge in [-0.15, -0.1) is 0 Å². The molecule has 1 aromatic carbocycles. The van der Waals surface area contributed by atoms with Crippen LogP contribution in [0.15, 0.2) is 10.9 Å². The highest BCUT2D eigenvalue weighted by Crippen LogP contribution is 2.30. The maximum absolute atomic E-state index is 14.5. The molecule has 2 aromatic rings. The molecule has 9 heteroatoms. The summed E-state index contributed by atoms with van der Waals surface area (Å²) in [6.45, 7) is 0.594. The number of H-pyrrole nitrogens is 1. The number of fused-ring (bicyclic) bond motifs is 1. The number of nitrogens with zero attached hydrogens (tertiary/aromatic N) is 1. The second-order valence-corrected chi connectivity index (χ2v) is 10.5. The first-order valence-electron chi connectivity index (χ1n) is 9.62. The Balaban J connectivity index is 1.53. The minimum Gasteiger partial charge on any atom is -0.616 e. The smallest absolute Gasteiger partial charge is 0.261 e. The van der Waals surface area contributed by atoms with Gasteiger partial charge in [0.25, 0.3) is 5.56 Å². The minimum absolute atomic E-state index is 0.0587. The lowest BCUT2D eigenvalue weighted by molar-refractivity contribution is 0.333. The SMILES string of the molecule is O=c1[nH]c(CSC2CC[S+]([O-])CC2)nc2cc(NCC3CCC3)c(F)c(F)c12. The molecule has 1 saturated heterocycles. The topological polar surface area (TPSA) is 80.8 Å². The van der Waals surface area contributed by atoms with Crippen LogP contribution in [0.3, 0.4) is 0 Å². The van der Waals surface area contributed by atoms with E-state index >= 15 is 0 Å². The molecule has 2 aliphatic rings. The summed E-state index contributed by atoms with van der Waals surface area (Å²) < 4.78 is 40.3. The maximum Gasteiger partial charge on any atom is 0.261 e. The van der Waals surface area contributed by atoms with Crippen molar-refractivity contribution in [2.45, 2.75) is 43.1 Å². The van der Waals surface area contributed by atoms with Gasteiger partial charge in [0.15, 0.2) is 11.6 Å². The van der Waals surface area contributed by atoms with Crippen molar-refractivity contribution < 1.29 is 13.3 Å². The predicted octanol–water partition coefficient (Wildman–Crippen LogP) is 3.56. The molecule has 1 aromatic heterocycles. The molecule has 152 valence electrons. The van der Waals surface area contributed by atoms with Crippen molar-refractivity contribution in [3.05, 3.63) is 33.9 Å². The molecule has 28 heavy (non-hydrogen) atoms. The number of benzene rings is 1. The Morgan fingerprint density at radius 2 is 2.00 bits per heavy atom. The Labute approximate surface area is 169 Å². The van der Waals surface area contributed by atoms with Crippen molar-refractivity contribution >= 4 is 39.5 Å². The summed E-state index contributed by atoms with van der Waals surface area (Å²) in [7, 11) is 0. The van der Waals surface area contributed by atoms with Gasteiger partial charge in [0, 0.05) is 24.6 Å². The summed E-state index contributed by atoms with van der Waals surface area (Å²) >= 11 is 0.944. The Morgan fingerprint density at radius 3 is 2.68 bits per heavy atom. The van der Waals surface area contributed by atoms with E-state index in [1.807, 2.05) is 0 Å². The van der Waals surface area contributed by atoms with Crippen molar-refractivity contribution in [3.8, 4) is 0 Å². The summed E-state index contributed by atoms with van der Waals surface area (Å²) in [6.07, 6.45) is 5.13. The molecule has 2 N–H and O–H groups in total. The van der Waals surface area contributed by atoms with Crippen LogP contribution in [0, 0.1) is 17.6 Å². The number of anilines is 1. The molecule has 1 aliphatic heterocycles. The molecule has 1 aliphatic carbocycles. The van der Waals surface area contributed by atoms with Crippen LogP contribution in [0.4, 0.5) is 14.5 Å². The molecule has 0 bridgehead atoms. The molecule has 1 saturated carbocycles. The first-order chi connectivity index (χ1) is 13.5. The van der Waals surface area contributed by atoms with Gasteiger partial charge in [-0.05, 0) is 24.8 Å². The number of hydrogen-bond donors (Lipinski definition) is 2. The van der Waals surface area contributed by atoms with E-state index in [0.717, 1.165) is 25.7 Å². The van der Waals surface area contributed by atoms with Crippen molar-refractivity contribution in [1.29, 1.82) is 0 Å². The first kappa shape index (κ1) is 20.0. The van der Waals surface area contributed by atoms with Gasteiger partial charge in [0.2, 0.25) is 0 Å². The fourth-order valence-electron chi connectivity index (χ4n) is 3.57. The van der Waals surface area contributed by atoms with Crippen LogP contribution in [0.1, 0.15) is 37.9 Å². The average Bonchev–Trinajstić information content (AvgIpc) is 2.63. The molecule has 2 fully saturated rings. The van der Waals surface area contributed by atoms with E-state index in [2.05, 4.69) is 15.3 Å². The van der Waals surface area contributed by atoms with Gasteiger partial charge in [-0.25, -0.2) is 13.8 Å². The highest BCUT2D eigenvalue weighted by atomic mass is 32.2. The lowest BCUT2D eigenvalue weighted by Crippen LogP contribution is -2.25. The highest BCUT2D eigenvalue weighted by molar-refractivity contribution is 7.99. The Hall–Kier alpha value is -1.32. The van der Waals surface area contributed by atoms with E-state index < -0.39 is 28.4 Å². The van der Waals surface area contributed by atoms with Gasteiger partial charge >= 0.3 is 0 Å². The molecule has 4 rings (SSSR count). The largest absolute Gasteiger partial charge is 0.616 e. The number of thioether (sulfide) groups is 1.